The monoisotopic (exact) mass is 323 g/mol. The van der Waals surface area contributed by atoms with E-state index in [2.05, 4.69) is 15.5 Å². The lowest BCUT2D eigenvalue weighted by atomic mass is 10.2. The van der Waals surface area contributed by atoms with E-state index in [9.17, 15) is 13.2 Å². The van der Waals surface area contributed by atoms with Crippen molar-refractivity contribution in [3.63, 3.8) is 0 Å². The molecule has 7 nitrogen and oxygen atoms in total. The summed E-state index contributed by atoms with van der Waals surface area (Å²) in [6.07, 6.45) is 0.486. The van der Waals surface area contributed by atoms with Gasteiger partial charge in [0.2, 0.25) is 11.8 Å². The van der Waals surface area contributed by atoms with Crippen LogP contribution >= 0.6 is 0 Å². The first-order valence-corrected chi connectivity index (χ1v) is 8.37. The molecule has 22 heavy (non-hydrogen) atoms. The molecule has 1 N–H and O–H groups in total. The Morgan fingerprint density at radius 1 is 1.27 bits per heavy atom. The average Bonchev–Trinajstić information content (AvgIpc) is 2.92. The largest absolute Gasteiger partial charge is 0.359 e. The summed E-state index contributed by atoms with van der Waals surface area (Å²) in [5, 5.41) is 6.13. The summed E-state index contributed by atoms with van der Waals surface area (Å²) in [6.45, 7) is 1.88. The van der Waals surface area contributed by atoms with Crippen LogP contribution in [0.25, 0.3) is 0 Å². The van der Waals surface area contributed by atoms with E-state index < -0.39 is 9.84 Å². The fraction of sp³-hybridized carbons (Fsp3) is 0.357. The van der Waals surface area contributed by atoms with Gasteiger partial charge in [0.25, 0.3) is 0 Å². The van der Waals surface area contributed by atoms with Gasteiger partial charge >= 0.3 is 0 Å². The van der Waals surface area contributed by atoms with Crippen LogP contribution in [0.1, 0.15) is 23.7 Å². The van der Waals surface area contributed by atoms with Gasteiger partial charge in [-0.05, 0) is 19.1 Å². The summed E-state index contributed by atoms with van der Waals surface area (Å²) in [5.74, 6) is -0.142. The highest BCUT2D eigenvalue weighted by Crippen LogP contribution is 2.16. The molecule has 0 aliphatic rings. The Kier molecular flexibility index (Phi) is 4.92. The van der Waals surface area contributed by atoms with Gasteiger partial charge < -0.3 is 9.84 Å². The number of carbonyl (C=O) groups is 1. The second-order valence-electron chi connectivity index (χ2n) is 4.85. The molecule has 0 saturated carbocycles. The first kappa shape index (κ1) is 16.2. The molecule has 0 spiro atoms. The quantitative estimate of drug-likeness (QED) is 0.852. The molecule has 2 rings (SSSR count). The molecule has 8 heteroatoms. The van der Waals surface area contributed by atoms with Crippen LogP contribution in [0.4, 0.5) is 0 Å². The van der Waals surface area contributed by atoms with E-state index in [1.54, 1.807) is 24.3 Å². The second kappa shape index (κ2) is 6.69. The number of hydrogen-bond acceptors (Lipinski definition) is 6. The Balaban J connectivity index is 2.05. The van der Waals surface area contributed by atoms with E-state index in [1.807, 2.05) is 6.92 Å². The summed E-state index contributed by atoms with van der Waals surface area (Å²) in [4.78, 5) is 15.4. The van der Waals surface area contributed by atoms with E-state index in [4.69, 9.17) is 4.52 Å². The second-order valence-corrected chi connectivity index (χ2v) is 6.84. The minimum absolute atomic E-state index is 0.0903. The number of hydrogen-bond donors (Lipinski definition) is 1. The number of benzene rings is 1. The predicted molar refractivity (Wildman–Crippen MR) is 78.8 cm³/mol. The van der Waals surface area contributed by atoms with Crippen LogP contribution in [0, 0.1) is 6.92 Å². The number of aromatic nitrogens is 2. The number of rotatable bonds is 6. The first-order chi connectivity index (χ1) is 10.4. The van der Waals surface area contributed by atoms with Gasteiger partial charge in [-0.25, -0.2) is 8.42 Å². The van der Waals surface area contributed by atoms with Gasteiger partial charge in [0, 0.05) is 19.9 Å². The third kappa shape index (κ3) is 4.14. The highest BCUT2D eigenvalue weighted by molar-refractivity contribution is 7.90. The molecule has 118 valence electrons. The maximum absolute atomic E-state index is 12.2. The lowest BCUT2D eigenvalue weighted by Gasteiger charge is -2.01. The zero-order valence-corrected chi connectivity index (χ0v) is 13.2. The van der Waals surface area contributed by atoms with E-state index in [0.29, 0.717) is 0 Å². The van der Waals surface area contributed by atoms with Crippen molar-refractivity contribution in [1.29, 1.82) is 0 Å². The Bertz CT molecular complexity index is 751. The Morgan fingerprint density at radius 3 is 2.59 bits per heavy atom. The van der Waals surface area contributed by atoms with Crippen LogP contribution in [0.2, 0.25) is 0 Å². The lowest BCUT2D eigenvalue weighted by molar-refractivity contribution is -0.120. The van der Waals surface area contributed by atoms with Crippen LogP contribution in [-0.4, -0.2) is 31.5 Å². The molecule has 0 aliphatic heterocycles. The molecular formula is C14H17N3O4S. The van der Waals surface area contributed by atoms with Crippen molar-refractivity contribution < 1.29 is 17.7 Å². The van der Waals surface area contributed by atoms with Crippen LogP contribution < -0.4 is 5.32 Å². The highest BCUT2D eigenvalue weighted by Gasteiger charge is 2.19. The fourth-order valence-electron chi connectivity index (χ4n) is 1.79. The van der Waals surface area contributed by atoms with Crippen molar-refractivity contribution in [2.75, 3.05) is 7.05 Å². The zero-order valence-electron chi connectivity index (χ0n) is 12.4. The van der Waals surface area contributed by atoms with Crippen LogP contribution in [0.15, 0.2) is 33.7 Å². The minimum atomic E-state index is -3.52. The van der Waals surface area contributed by atoms with Crippen molar-refractivity contribution in [1.82, 2.24) is 15.5 Å². The molecule has 0 aliphatic carbocycles. The predicted octanol–water partition coefficient (Wildman–Crippen LogP) is 1.03. The molecule has 2 aromatic rings. The third-order valence-electron chi connectivity index (χ3n) is 3.05. The van der Waals surface area contributed by atoms with Gasteiger partial charge in [-0.2, -0.15) is 4.98 Å². The van der Waals surface area contributed by atoms with Crippen LogP contribution in [0.5, 0.6) is 0 Å². The van der Waals surface area contributed by atoms with Crippen LogP contribution in [0.3, 0.4) is 0 Å². The number of amides is 1. The molecule has 0 atom stereocenters. The SMILES string of the molecule is CNC(=O)CCc1nc(CS(=O)(=O)c2ccc(C)cc2)no1. The molecule has 1 heterocycles. The Hall–Kier alpha value is -2.22. The summed E-state index contributed by atoms with van der Waals surface area (Å²) >= 11 is 0. The summed E-state index contributed by atoms with van der Waals surface area (Å²) in [6, 6.07) is 6.57. The smallest absolute Gasteiger partial charge is 0.227 e. The van der Waals surface area contributed by atoms with E-state index in [0.717, 1.165) is 5.56 Å². The van der Waals surface area contributed by atoms with Gasteiger partial charge in [-0.1, -0.05) is 22.9 Å². The van der Waals surface area contributed by atoms with E-state index in [-0.39, 0.29) is 41.1 Å². The average molecular weight is 323 g/mol. The molecule has 0 unspecified atom stereocenters. The number of nitrogens with zero attached hydrogens (tertiary/aromatic N) is 2. The number of aryl methyl sites for hydroxylation is 2. The zero-order chi connectivity index (χ0) is 16.2. The third-order valence-corrected chi connectivity index (χ3v) is 4.68. The highest BCUT2D eigenvalue weighted by atomic mass is 32.2. The van der Waals surface area contributed by atoms with Gasteiger partial charge in [0.15, 0.2) is 15.7 Å². The molecule has 0 fully saturated rings. The lowest BCUT2D eigenvalue weighted by Crippen LogP contribution is -2.18. The van der Waals surface area contributed by atoms with Gasteiger partial charge in [0.05, 0.1) is 4.90 Å². The number of sulfone groups is 1. The van der Waals surface area contributed by atoms with Gasteiger partial charge in [0.1, 0.15) is 5.75 Å². The van der Waals surface area contributed by atoms with E-state index >= 15 is 0 Å². The summed E-state index contributed by atoms with van der Waals surface area (Å²) in [7, 11) is -1.98. The standard InChI is InChI=1S/C14H17N3O4S/c1-10-3-5-11(6-4-10)22(19,20)9-12-16-14(21-17-12)8-7-13(18)15-2/h3-6H,7-9H2,1-2H3,(H,15,18). The van der Waals surface area contributed by atoms with Crippen LogP contribution in [-0.2, 0) is 26.8 Å². The molecule has 1 amide bonds. The molecular weight excluding hydrogens is 306 g/mol. The Morgan fingerprint density at radius 2 is 1.95 bits per heavy atom. The maximum atomic E-state index is 12.2. The first-order valence-electron chi connectivity index (χ1n) is 6.72. The van der Waals surface area contributed by atoms with Crippen molar-refractivity contribution in [2.45, 2.75) is 30.4 Å². The fourth-order valence-corrected chi connectivity index (χ4v) is 2.97. The van der Waals surface area contributed by atoms with Gasteiger partial charge in [-0.15, -0.1) is 0 Å². The molecule has 1 aromatic heterocycles. The van der Waals surface area contributed by atoms with E-state index in [1.165, 1.54) is 7.05 Å². The maximum Gasteiger partial charge on any atom is 0.227 e. The molecule has 0 radical (unpaired) electrons. The number of nitrogens with one attached hydrogen (secondary N) is 1. The molecule has 1 aromatic carbocycles. The minimum Gasteiger partial charge on any atom is -0.359 e. The van der Waals surface area contributed by atoms with Crippen molar-refractivity contribution >= 4 is 15.7 Å². The van der Waals surface area contributed by atoms with Crippen molar-refractivity contribution in [3.05, 3.63) is 41.5 Å². The topological polar surface area (TPSA) is 102 Å². The molecule has 0 bridgehead atoms. The van der Waals surface area contributed by atoms with Crippen molar-refractivity contribution in [3.8, 4) is 0 Å². The summed E-state index contributed by atoms with van der Waals surface area (Å²) < 4.78 is 29.5. The van der Waals surface area contributed by atoms with Gasteiger partial charge in [-0.3, -0.25) is 4.79 Å². The number of carbonyl (C=O) groups excluding carboxylic acids is 1. The summed E-state index contributed by atoms with van der Waals surface area (Å²) in [5.41, 5.74) is 0.981. The molecule has 0 saturated heterocycles. The Labute approximate surface area is 128 Å². The normalized spacial score (nSPS) is 11.4. The van der Waals surface area contributed by atoms with Crippen molar-refractivity contribution in [2.24, 2.45) is 0 Å².